The molecule has 0 aliphatic heterocycles. The molecule has 7 heteroatoms. The number of benzene rings is 2. The SMILES string of the molecule is COc1cc(OC)cc(C(NC(=O)c2cccc(CSC)c2)c2nccn2C)c1. The molecule has 0 radical (unpaired) electrons. The summed E-state index contributed by atoms with van der Waals surface area (Å²) in [6, 6.07) is 12.8. The highest BCUT2D eigenvalue weighted by atomic mass is 32.2. The van der Waals surface area contributed by atoms with Gasteiger partial charge >= 0.3 is 0 Å². The van der Waals surface area contributed by atoms with Crippen molar-refractivity contribution >= 4 is 17.7 Å². The van der Waals surface area contributed by atoms with Gasteiger partial charge in [-0.2, -0.15) is 11.8 Å². The molecule has 1 unspecified atom stereocenters. The van der Waals surface area contributed by atoms with E-state index in [1.54, 1.807) is 38.2 Å². The molecule has 0 fully saturated rings. The number of hydrogen-bond donors (Lipinski definition) is 1. The van der Waals surface area contributed by atoms with Crippen LogP contribution in [0.15, 0.2) is 54.9 Å². The summed E-state index contributed by atoms with van der Waals surface area (Å²) in [5.41, 5.74) is 2.55. The largest absolute Gasteiger partial charge is 0.497 e. The highest BCUT2D eigenvalue weighted by molar-refractivity contribution is 7.97. The second-order valence-electron chi connectivity index (χ2n) is 6.58. The van der Waals surface area contributed by atoms with Crippen molar-refractivity contribution in [1.29, 1.82) is 0 Å². The Morgan fingerprint density at radius 2 is 1.90 bits per heavy atom. The predicted octanol–water partition coefficient (Wildman–Crippen LogP) is 3.82. The Kier molecular flexibility index (Phi) is 6.82. The van der Waals surface area contributed by atoms with E-state index >= 15 is 0 Å². The summed E-state index contributed by atoms with van der Waals surface area (Å²) in [6.07, 6.45) is 5.61. The summed E-state index contributed by atoms with van der Waals surface area (Å²) in [4.78, 5) is 17.5. The lowest BCUT2D eigenvalue weighted by atomic mass is 10.0. The van der Waals surface area contributed by atoms with Gasteiger partial charge in [0.25, 0.3) is 5.91 Å². The van der Waals surface area contributed by atoms with Crippen molar-refractivity contribution in [2.45, 2.75) is 11.8 Å². The Morgan fingerprint density at radius 1 is 1.17 bits per heavy atom. The summed E-state index contributed by atoms with van der Waals surface area (Å²) >= 11 is 1.72. The van der Waals surface area contributed by atoms with Gasteiger partial charge in [0.05, 0.1) is 14.2 Å². The van der Waals surface area contributed by atoms with Crippen molar-refractivity contribution in [2.75, 3.05) is 20.5 Å². The minimum absolute atomic E-state index is 0.164. The van der Waals surface area contributed by atoms with Gasteiger partial charge in [-0.3, -0.25) is 4.79 Å². The molecule has 2 aromatic carbocycles. The Balaban J connectivity index is 1.98. The summed E-state index contributed by atoms with van der Waals surface area (Å²) in [6.45, 7) is 0. The second kappa shape index (κ2) is 9.52. The van der Waals surface area contributed by atoms with Crippen LogP contribution in [-0.2, 0) is 12.8 Å². The van der Waals surface area contributed by atoms with Crippen LogP contribution in [0.2, 0.25) is 0 Å². The van der Waals surface area contributed by atoms with Crippen LogP contribution in [0.4, 0.5) is 0 Å². The highest BCUT2D eigenvalue weighted by Gasteiger charge is 2.23. The number of aromatic nitrogens is 2. The Morgan fingerprint density at radius 3 is 2.48 bits per heavy atom. The minimum Gasteiger partial charge on any atom is -0.497 e. The first kappa shape index (κ1) is 20.8. The highest BCUT2D eigenvalue weighted by Crippen LogP contribution is 2.29. The zero-order valence-electron chi connectivity index (χ0n) is 17.0. The second-order valence-corrected chi connectivity index (χ2v) is 7.45. The molecule has 3 rings (SSSR count). The number of imidazole rings is 1. The molecule has 1 aromatic heterocycles. The lowest BCUT2D eigenvalue weighted by molar-refractivity contribution is 0.0941. The molecule has 1 amide bonds. The van der Waals surface area contributed by atoms with Gasteiger partial charge in [0, 0.05) is 36.8 Å². The number of amides is 1. The third kappa shape index (κ3) is 4.92. The molecule has 3 aromatic rings. The van der Waals surface area contributed by atoms with Crippen LogP contribution in [-0.4, -0.2) is 35.9 Å². The summed E-state index contributed by atoms with van der Waals surface area (Å²) in [5.74, 6) is 2.71. The maximum atomic E-state index is 13.1. The maximum Gasteiger partial charge on any atom is 0.252 e. The fourth-order valence-electron chi connectivity index (χ4n) is 3.13. The quantitative estimate of drug-likeness (QED) is 0.610. The molecule has 29 heavy (non-hydrogen) atoms. The van der Waals surface area contributed by atoms with Gasteiger partial charge in [-0.1, -0.05) is 12.1 Å². The molecular weight excluding hydrogens is 386 g/mol. The van der Waals surface area contributed by atoms with E-state index in [4.69, 9.17) is 9.47 Å². The first-order valence-corrected chi connectivity index (χ1v) is 10.5. The predicted molar refractivity (Wildman–Crippen MR) is 116 cm³/mol. The summed E-state index contributed by atoms with van der Waals surface area (Å²) in [5, 5.41) is 3.12. The van der Waals surface area contributed by atoms with Gasteiger partial charge in [-0.25, -0.2) is 4.98 Å². The van der Waals surface area contributed by atoms with Crippen LogP contribution in [0.25, 0.3) is 0 Å². The van der Waals surface area contributed by atoms with Crippen molar-refractivity contribution in [3.05, 3.63) is 77.4 Å². The van der Waals surface area contributed by atoms with E-state index in [1.165, 1.54) is 0 Å². The lowest BCUT2D eigenvalue weighted by Crippen LogP contribution is -2.31. The molecule has 0 saturated heterocycles. The van der Waals surface area contributed by atoms with Crippen LogP contribution in [0.3, 0.4) is 0 Å². The normalized spacial score (nSPS) is 11.7. The lowest BCUT2D eigenvalue weighted by Gasteiger charge is -2.21. The van der Waals surface area contributed by atoms with E-state index in [-0.39, 0.29) is 5.91 Å². The van der Waals surface area contributed by atoms with E-state index in [0.717, 1.165) is 16.9 Å². The summed E-state index contributed by atoms with van der Waals surface area (Å²) < 4.78 is 12.7. The molecule has 1 heterocycles. The minimum atomic E-state index is -0.462. The number of rotatable bonds is 8. The molecule has 0 spiro atoms. The number of carbonyl (C=O) groups excluding carboxylic acids is 1. The van der Waals surface area contributed by atoms with Gasteiger partial charge < -0.3 is 19.4 Å². The van der Waals surface area contributed by atoms with Gasteiger partial charge in [0.15, 0.2) is 0 Å². The molecule has 6 nitrogen and oxygen atoms in total. The number of ether oxygens (including phenoxy) is 2. The third-order valence-corrected chi connectivity index (χ3v) is 5.22. The van der Waals surface area contributed by atoms with Crippen LogP contribution in [0.5, 0.6) is 11.5 Å². The van der Waals surface area contributed by atoms with Crippen LogP contribution in [0.1, 0.15) is 33.4 Å². The van der Waals surface area contributed by atoms with E-state index in [1.807, 2.05) is 60.5 Å². The van der Waals surface area contributed by atoms with Crippen molar-refractivity contribution in [3.63, 3.8) is 0 Å². The number of nitrogens with one attached hydrogen (secondary N) is 1. The molecule has 152 valence electrons. The van der Waals surface area contributed by atoms with Gasteiger partial charge in [-0.05, 0) is 41.6 Å². The smallest absolute Gasteiger partial charge is 0.252 e. The van der Waals surface area contributed by atoms with Crippen molar-refractivity contribution in [1.82, 2.24) is 14.9 Å². The molecule has 0 aliphatic rings. The van der Waals surface area contributed by atoms with E-state index in [0.29, 0.717) is 22.9 Å². The standard InChI is InChI=1S/C22H25N3O3S/c1-25-9-8-23-21(25)20(17-11-18(27-2)13-19(12-17)28-3)24-22(26)16-7-5-6-15(10-16)14-29-4/h5-13,20H,14H2,1-4H3,(H,24,26). The number of thioether (sulfide) groups is 1. The molecule has 0 aliphatic carbocycles. The molecule has 1 N–H and O–H groups in total. The molecule has 0 saturated carbocycles. The molecular formula is C22H25N3O3S. The topological polar surface area (TPSA) is 65.4 Å². The van der Waals surface area contributed by atoms with Crippen LogP contribution < -0.4 is 14.8 Å². The number of carbonyl (C=O) groups is 1. The van der Waals surface area contributed by atoms with Gasteiger partial charge in [0.1, 0.15) is 23.4 Å². The zero-order valence-corrected chi connectivity index (χ0v) is 17.8. The average Bonchev–Trinajstić information content (AvgIpc) is 3.17. The van der Waals surface area contributed by atoms with Crippen LogP contribution in [0, 0.1) is 0 Å². The maximum absolute atomic E-state index is 13.1. The van der Waals surface area contributed by atoms with E-state index in [2.05, 4.69) is 10.3 Å². The van der Waals surface area contributed by atoms with E-state index < -0.39 is 6.04 Å². The van der Waals surface area contributed by atoms with Crippen molar-refractivity contribution < 1.29 is 14.3 Å². The fourth-order valence-corrected chi connectivity index (χ4v) is 3.64. The number of nitrogens with zero attached hydrogens (tertiary/aromatic N) is 2. The molecule has 0 bridgehead atoms. The fraction of sp³-hybridized carbons (Fsp3) is 0.273. The zero-order chi connectivity index (χ0) is 20.8. The third-order valence-electron chi connectivity index (χ3n) is 4.60. The summed E-state index contributed by atoms with van der Waals surface area (Å²) in [7, 11) is 5.10. The van der Waals surface area contributed by atoms with E-state index in [9.17, 15) is 4.79 Å². The van der Waals surface area contributed by atoms with Gasteiger partial charge in [-0.15, -0.1) is 0 Å². The number of hydrogen-bond acceptors (Lipinski definition) is 5. The monoisotopic (exact) mass is 411 g/mol. The Bertz CT molecular complexity index is 965. The number of aryl methyl sites for hydroxylation is 1. The average molecular weight is 412 g/mol. The molecule has 1 atom stereocenters. The first-order chi connectivity index (χ1) is 14.0. The van der Waals surface area contributed by atoms with Gasteiger partial charge in [0.2, 0.25) is 0 Å². The van der Waals surface area contributed by atoms with Crippen molar-refractivity contribution in [2.24, 2.45) is 7.05 Å². The number of methoxy groups -OCH3 is 2. The van der Waals surface area contributed by atoms with Crippen molar-refractivity contribution in [3.8, 4) is 11.5 Å². The Hall–Kier alpha value is -2.93. The first-order valence-electron chi connectivity index (χ1n) is 9.14. The Labute approximate surface area is 175 Å². The van der Waals surface area contributed by atoms with Crippen LogP contribution >= 0.6 is 11.8 Å².